The summed E-state index contributed by atoms with van der Waals surface area (Å²) in [6.45, 7) is -0.562. The summed E-state index contributed by atoms with van der Waals surface area (Å²) in [5.41, 5.74) is 0. The maximum absolute atomic E-state index is 13.4. The average molecular weight is 411 g/mol. The Morgan fingerprint density at radius 1 is 0.815 bits per heavy atom. The quantitative estimate of drug-likeness (QED) is 0.403. The number of nitrogens with zero attached hydrogens (tertiary/aromatic N) is 3. The second-order valence-corrected chi connectivity index (χ2v) is 10.2. The maximum Gasteiger partial charge on any atom is 0.340 e. The summed E-state index contributed by atoms with van der Waals surface area (Å²) in [5.74, 6) is -0.673. The van der Waals surface area contributed by atoms with E-state index in [1.807, 2.05) is 18.2 Å². The second kappa shape index (κ2) is 11.5. The number of benzene rings is 1. The van der Waals surface area contributed by atoms with Crippen molar-refractivity contribution in [2.45, 2.75) is 19.3 Å². The molecule has 1 unspecified atom stereocenters. The molecule has 0 aliphatic rings. The van der Waals surface area contributed by atoms with E-state index in [0.29, 0.717) is 0 Å². The van der Waals surface area contributed by atoms with E-state index in [0.717, 1.165) is 0 Å². The van der Waals surface area contributed by atoms with Gasteiger partial charge in [-0.25, -0.2) is 0 Å². The largest absolute Gasteiger partial charge is 0.508 e. The molecule has 9 nitrogen and oxygen atoms in total. The molecular formula is C16H19N3O6P2. The first-order valence-corrected chi connectivity index (χ1v) is 11.4. The first kappa shape index (κ1) is 22.9. The van der Waals surface area contributed by atoms with Crippen molar-refractivity contribution in [2.24, 2.45) is 0 Å². The molecular weight excluding hydrogens is 392 g/mol. The molecule has 0 aliphatic carbocycles. The lowest BCUT2D eigenvalue weighted by Gasteiger charge is -2.24. The minimum Gasteiger partial charge on any atom is -0.508 e. The van der Waals surface area contributed by atoms with Crippen molar-refractivity contribution in [3.05, 3.63) is 24.3 Å². The summed E-state index contributed by atoms with van der Waals surface area (Å²) < 4.78 is 42.2. The van der Waals surface area contributed by atoms with Gasteiger partial charge < -0.3 is 18.7 Å². The topological polar surface area (TPSA) is 153 Å². The van der Waals surface area contributed by atoms with Crippen LogP contribution in [-0.2, 0) is 22.7 Å². The third kappa shape index (κ3) is 7.94. The number of aromatic hydroxyl groups is 1. The highest BCUT2D eigenvalue weighted by atomic mass is 31.2. The van der Waals surface area contributed by atoms with Crippen LogP contribution in [0, 0.1) is 34.0 Å². The van der Waals surface area contributed by atoms with Gasteiger partial charge in [-0.2, -0.15) is 15.8 Å². The molecule has 1 aromatic rings. The van der Waals surface area contributed by atoms with Crippen LogP contribution in [-0.4, -0.2) is 30.8 Å². The van der Waals surface area contributed by atoms with Crippen molar-refractivity contribution in [3.8, 4) is 24.0 Å². The predicted molar refractivity (Wildman–Crippen MR) is 96.4 cm³/mol. The van der Waals surface area contributed by atoms with E-state index in [-0.39, 0.29) is 50.1 Å². The van der Waals surface area contributed by atoms with Crippen LogP contribution in [0.5, 0.6) is 5.75 Å². The van der Waals surface area contributed by atoms with E-state index in [2.05, 4.69) is 0 Å². The third-order valence-electron chi connectivity index (χ3n) is 3.12. The number of rotatable bonds is 12. The minimum atomic E-state index is -3.96. The third-order valence-corrected chi connectivity index (χ3v) is 8.83. The molecule has 144 valence electrons. The molecule has 0 fully saturated rings. The van der Waals surface area contributed by atoms with Crippen molar-refractivity contribution in [2.75, 3.05) is 25.7 Å². The summed E-state index contributed by atoms with van der Waals surface area (Å²) in [5, 5.41) is 35.5. The van der Waals surface area contributed by atoms with E-state index in [1.54, 1.807) is 0 Å². The number of phenols is 1. The molecule has 0 heterocycles. The van der Waals surface area contributed by atoms with Gasteiger partial charge in [0, 0.05) is 5.30 Å². The van der Waals surface area contributed by atoms with Crippen LogP contribution >= 0.6 is 15.0 Å². The summed E-state index contributed by atoms with van der Waals surface area (Å²) in [6, 6.07) is 10.8. The summed E-state index contributed by atoms with van der Waals surface area (Å²) in [7, 11) is -7.74. The van der Waals surface area contributed by atoms with Crippen LogP contribution in [0.3, 0.4) is 0 Å². The molecule has 11 heteroatoms. The Morgan fingerprint density at radius 2 is 1.26 bits per heavy atom. The molecule has 27 heavy (non-hydrogen) atoms. The van der Waals surface area contributed by atoms with Gasteiger partial charge in [0.05, 0.1) is 57.3 Å². The van der Waals surface area contributed by atoms with Gasteiger partial charge in [-0.3, -0.25) is 9.13 Å². The lowest BCUT2D eigenvalue weighted by atomic mass is 10.3. The molecule has 0 saturated carbocycles. The van der Waals surface area contributed by atoms with Crippen molar-refractivity contribution >= 4 is 20.3 Å². The SMILES string of the molecule is N#CCCOP(=O)(CP(=O)(OCCC#N)c1ccc(O)cc1)OCCC#N. The maximum atomic E-state index is 13.4. The number of phenolic OH excluding ortho intramolecular Hbond substituents is 1. The Labute approximate surface area is 157 Å². The molecule has 0 saturated heterocycles. The minimum absolute atomic E-state index is 0.0308. The van der Waals surface area contributed by atoms with E-state index in [4.69, 9.17) is 29.4 Å². The van der Waals surface area contributed by atoms with Crippen LogP contribution in [0.1, 0.15) is 19.3 Å². The van der Waals surface area contributed by atoms with Crippen molar-refractivity contribution in [1.82, 2.24) is 0 Å². The summed E-state index contributed by atoms with van der Waals surface area (Å²) in [4.78, 5) is 0. The van der Waals surface area contributed by atoms with Crippen LogP contribution in [0.4, 0.5) is 0 Å². The zero-order chi connectivity index (χ0) is 20.2. The van der Waals surface area contributed by atoms with Gasteiger partial charge in [0.2, 0.25) is 7.37 Å². The normalized spacial score (nSPS) is 13.1. The summed E-state index contributed by atoms with van der Waals surface area (Å²) in [6.07, 6.45) is -0.133. The van der Waals surface area contributed by atoms with Gasteiger partial charge in [-0.15, -0.1) is 0 Å². The monoisotopic (exact) mass is 411 g/mol. The highest BCUT2D eigenvalue weighted by Gasteiger charge is 2.39. The second-order valence-electron chi connectivity index (χ2n) is 5.17. The van der Waals surface area contributed by atoms with E-state index < -0.39 is 20.9 Å². The molecule has 0 aromatic heterocycles. The van der Waals surface area contributed by atoms with Gasteiger partial charge in [-0.05, 0) is 24.3 Å². The Hall–Kier alpha value is -2.17. The fraction of sp³-hybridized carbons (Fsp3) is 0.438. The smallest absolute Gasteiger partial charge is 0.340 e. The van der Waals surface area contributed by atoms with Gasteiger partial charge in [-0.1, -0.05) is 0 Å². The van der Waals surface area contributed by atoms with Crippen molar-refractivity contribution in [1.29, 1.82) is 15.8 Å². The summed E-state index contributed by atoms with van der Waals surface area (Å²) >= 11 is 0. The molecule has 0 radical (unpaired) electrons. The molecule has 0 spiro atoms. The fourth-order valence-electron chi connectivity index (χ4n) is 1.92. The van der Waals surface area contributed by atoms with E-state index in [1.165, 1.54) is 24.3 Å². The molecule has 0 bridgehead atoms. The average Bonchev–Trinajstić information content (AvgIpc) is 2.63. The number of nitriles is 3. The lowest BCUT2D eigenvalue weighted by molar-refractivity contribution is 0.213. The zero-order valence-electron chi connectivity index (χ0n) is 14.5. The predicted octanol–water partition coefficient (Wildman–Crippen LogP) is 3.24. The van der Waals surface area contributed by atoms with Gasteiger partial charge in [0.15, 0.2) is 0 Å². The molecule has 0 amide bonds. The highest BCUT2D eigenvalue weighted by Crippen LogP contribution is 2.63. The molecule has 1 N–H and O–H groups in total. The van der Waals surface area contributed by atoms with Crippen LogP contribution < -0.4 is 5.30 Å². The molecule has 1 rings (SSSR count). The lowest BCUT2D eigenvalue weighted by Crippen LogP contribution is -2.14. The van der Waals surface area contributed by atoms with Crippen LogP contribution in [0.25, 0.3) is 0 Å². The standard InChI is InChI=1S/C16H19N3O6P2/c17-8-1-11-23-26(21,16-6-4-15(20)5-7-16)14-27(22,24-12-2-9-18)25-13-3-10-19/h4-7,20H,1-3,11-14H2. The van der Waals surface area contributed by atoms with Crippen molar-refractivity contribution < 1.29 is 27.8 Å². The Balaban J connectivity index is 3.12. The number of hydrogen-bond donors (Lipinski definition) is 1. The van der Waals surface area contributed by atoms with Crippen LogP contribution in [0.2, 0.25) is 0 Å². The van der Waals surface area contributed by atoms with Gasteiger partial charge >= 0.3 is 7.60 Å². The zero-order valence-corrected chi connectivity index (χ0v) is 16.3. The van der Waals surface area contributed by atoms with Gasteiger partial charge in [0.1, 0.15) is 11.7 Å². The van der Waals surface area contributed by atoms with Crippen LogP contribution in [0.15, 0.2) is 24.3 Å². The Bertz CT molecular complexity index is 799. The molecule has 1 atom stereocenters. The fourth-order valence-corrected chi connectivity index (χ4v) is 7.33. The first-order valence-electron chi connectivity index (χ1n) is 7.91. The Kier molecular flexibility index (Phi) is 9.76. The Morgan fingerprint density at radius 3 is 1.70 bits per heavy atom. The van der Waals surface area contributed by atoms with Gasteiger partial charge in [0.25, 0.3) is 0 Å². The first-order chi connectivity index (χ1) is 12.9. The van der Waals surface area contributed by atoms with E-state index >= 15 is 0 Å². The van der Waals surface area contributed by atoms with Crippen molar-refractivity contribution in [3.63, 3.8) is 0 Å². The molecule has 1 aromatic carbocycles. The van der Waals surface area contributed by atoms with E-state index in [9.17, 15) is 14.2 Å². The number of hydrogen-bond acceptors (Lipinski definition) is 9. The highest BCUT2D eigenvalue weighted by molar-refractivity contribution is 7.78. The molecule has 0 aliphatic heterocycles.